The molecule has 5 aromatic rings. The van der Waals surface area contributed by atoms with Crippen molar-refractivity contribution in [3.63, 3.8) is 0 Å². The summed E-state index contributed by atoms with van der Waals surface area (Å²) in [6.07, 6.45) is 3.60. The number of hydrogen-bond acceptors (Lipinski definition) is 5. The second-order valence-corrected chi connectivity index (χ2v) is 5.51. The van der Waals surface area contributed by atoms with E-state index in [1.165, 1.54) is 0 Å². The van der Waals surface area contributed by atoms with Crippen molar-refractivity contribution in [3.05, 3.63) is 48.3 Å². The first kappa shape index (κ1) is 15.1. The van der Waals surface area contributed by atoms with Crippen LogP contribution in [0.1, 0.15) is 11.6 Å². The van der Waals surface area contributed by atoms with Crippen LogP contribution in [0.2, 0.25) is 0 Å². The Morgan fingerprint density at radius 3 is 2.46 bits per heavy atom. The number of pyridine rings is 1. The Morgan fingerprint density at radius 1 is 0.875 bits per heavy atom. The average molecular weight is 492 g/mol. The number of aromatic nitrogens is 6. The minimum atomic E-state index is 0. The molecule has 0 saturated heterocycles. The Balaban J connectivity index is 0.00000146. The van der Waals surface area contributed by atoms with E-state index in [1.54, 1.807) is 6.20 Å². The van der Waals surface area contributed by atoms with E-state index in [1.807, 2.05) is 42.6 Å². The van der Waals surface area contributed by atoms with E-state index in [0.29, 0.717) is 11.6 Å². The van der Waals surface area contributed by atoms with Crippen molar-refractivity contribution in [2.45, 2.75) is 13.8 Å². The van der Waals surface area contributed by atoms with Crippen LogP contribution in [-0.2, 0) is 20.1 Å². The molecule has 0 bridgehead atoms. The molecular weight excluding hydrogens is 480 g/mol. The minimum absolute atomic E-state index is 0. The summed E-state index contributed by atoms with van der Waals surface area (Å²) < 4.78 is 1.98. The maximum absolute atomic E-state index is 4.71. The molecule has 1 radical (unpaired) electrons. The van der Waals surface area contributed by atoms with E-state index < -0.39 is 0 Å². The molecule has 0 fully saturated rings. The number of nitrogens with zero attached hydrogens (tertiary/aromatic N) is 6. The summed E-state index contributed by atoms with van der Waals surface area (Å²) in [6.45, 7) is 3.75. The van der Waals surface area contributed by atoms with Gasteiger partial charge in [-0.25, -0.2) is 19.9 Å². The van der Waals surface area contributed by atoms with Crippen LogP contribution in [0.4, 0.5) is 0 Å². The van der Waals surface area contributed by atoms with Gasteiger partial charge < -0.3 is 4.40 Å². The van der Waals surface area contributed by atoms with Crippen LogP contribution in [0.15, 0.2) is 30.6 Å². The van der Waals surface area contributed by atoms with Crippen LogP contribution in [0.25, 0.3) is 38.6 Å². The number of rotatable bonds is 0. The fourth-order valence-corrected chi connectivity index (χ4v) is 2.99. The third-order valence-electron chi connectivity index (χ3n) is 3.99. The molecule has 0 N–H and O–H groups in total. The molecule has 0 aliphatic rings. The van der Waals surface area contributed by atoms with Gasteiger partial charge in [0.1, 0.15) is 22.8 Å². The fraction of sp³-hybridized carbons (Fsp3) is 0.118. The quantitative estimate of drug-likeness (QED) is 0.246. The third-order valence-corrected chi connectivity index (χ3v) is 3.99. The smallest absolute Gasteiger partial charge is 0.160 e. The number of benzene rings is 1. The molecule has 6 nitrogen and oxygen atoms in total. The Bertz CT molecular complexity index is 1240. The Hall–Kier alpha value is -2.50. The third kappa shape index (κ3) is 1.95. The summed E-state index contributed by atoms with van der Waals surface area (Å²) in [6, 6.07) is 9.19. The van der Waals surface area contributed by atoms with E-state index in [4.69, 9.17) is 4.98 Å². The van der Waals surface area contributed by atoms with E-state index >= 15 is 0 Å². The van der Waals surface area contributed by atoms with Gasteiger partial charge in [0, 0.05) is 31.7 Å². The van der Waals surface area contributed by atoms with Crippen molar-refractivity contribution in [2.24, 2.45) is 0 Å². The summed E-state index contributed by atoms with van der Waals surface area (Å²) in [5.41, 5.74) is 3.11. The van der Waals surface area contributed by atoms with Crippen LogP contribution in [0, 0.1) is 19.9 Å². The van der Waals surface area contributed by atoms with Gasteiger partial charge in [-0.1, -0.05) is 10.8 Å². The minimum Gasteiger partial charge on any atom is -0.302 e. The number of imidazole rings is 1. The van der Waals surface area contributed by atoms with Crippen molar-refractivity contribution in [3.8, 4) is 0 Å². The second kappa shape index (κ2) is 5.26. The molecule has 4 heterocycles. The summed E-state index contributed by atoms with van der Waals surface area (Å²) in [4.78, 5) is 22.5. The molecule has 0 unspecified atom stereocenters. The molecule has 0 spiro atoms. The topological polar surface area (TPSA) is 68.9 Å². The van der Waals surface area contributed by atoms with Crippen molar-refractivity contribution in [2.75, 3.05) is 0 Å². The van der Waals surface area contributed by atoms with Gasteiger partial charge in [0.25, 0.3) is 0 Å². The monoisotopic (exact) mass is 492 g/mol. The number of aryl methyl sites for hydroxylation is 2. The van der Waals surface area contributed by atoms with Crippen molar-refractivity contribution in [1.82, 2.24) is 29.3 Å². The maximum Gasteiger partial charge on any atom is 0.160 e. The molecule has 1 aromatic carbocycles. The zero-order chi connectivity index (χ0) is 15.6. The van der Waals surface area contributed by atoms with Crippen LogP contribution in [0.3, 0.4) is 0 Å². The Morgan fingerprint density at radius 2 is 1.62 bits per heavy atom. The summed E-state index contributed by atoms with van der Waals surface area (Å²) in [5.74, 6) is 1.42. The predicted molar refractivity (Wildman–Crippen MR) is 87.2 cm³/mol. The van der Waals surface area contributed by atoms with Gasteiger partial charge in [-0.15, -0.1) is 24.3 Å². The summed E-state index contributed by atoms with van der Waals surface area (Å²) >= 11 is 0. The SMILES string of the molecule is Cc1ncc2nc3c4[c-]cccc4c4cnc(C)nc4n3c2n1.[Ir]. The summed E-state index contributed by atoms with van der Waals surface area (Å²) in [5, 5.41) is 2.93. The largest absolute Gasteiger partial charge is 0.302 e. The van der Waals surface area contributed by atoms with Crippen molar-refractivity contribution in [1.29, 1.82) is 0 Å². The molecule has 24 heavy (non-hydrogen) atoms. The van der Waals surface area contributed by atoms with Crippen LogP contribution in [0.5, 0.6) is 0 Å². The molecule has 5 rings (SSSR count). The van der Waals surface area contributed by atoms with Crippen LogP contribution >= 0.6 is 0 Å². The first-order valence-electron chi connectivity index (χ1n) is 7.30. The van der Waals surface area contributed by atoms with Gasteiger partial charge >= 0.3 is 0 Å². The van der Waals surface area contributed by atoms with E-state index in [-0.39, 0.29) is 20.1 Å². The second-order valence-electron chi connectivity index (χ2n) is 5.51. The van der Waals surface area contributed by atoms with Gasteiger partial charge in [0.15, 0.2) is 5.65 Å². The standard InChI is InChI=1S/C17H11N6.Ir/c1-9-18-7-13-11-5-3-4-6-12(11)15-22-14-8-19-10(2)21-17(14)23(15)16(13)20-9;/h3-5,7-8H,1-2H3;/q-1;. The Labute approximate surface area is 150 Å². The van der Waals surface area contributed by atoms with E-state index in [2.05, 4.69) is 26.0 Å². The molecule has 119 valence electrons. The number of hydrogen-bond donors (Lipinski definition) is 0. The zero-order valence-corrected chi connectivity index (χ0v) is 15.3. The van der Waals surface area contributed by atoms with Gasteiger partial charge in [-0.05, 0) is 13.8 Å². The van der Waals surface area contributed by atoms with Gasteiger partial charge in [-0.3, -0.25) is 4.98 Å². The first-order valence-corrected chi connectivity index (χ1v) is 7.30. The molecular formula is C17H11IrN6-. The summed E-state index contributed by atoms with van der Waals surface area (Å²) in [7, 11) is 0. The maximum atomic E-state index is 4.71. The van der Waals surface area contributed by atoms with Gasteiger partial charge in [0.2, 0.25) is 0 Å². The molecule has 7 heteroatoms. The zero-order valence-electron chi connectivity index (χ0n) is 12.9. The molecule has 0 atom stereocenters. The molecule has 0 aliphatic carbocycles. The van der Waals surface area contributed by atoms with Gasteiger partial charge in [0.05, 0.1) is 11.8 Å². The van der Waals surface area contributed by atoms with Crippen LogP contribution < -0.4 is 0 Å². The van der Waals surface area contributed by atoms with Gasteiger partial charge in [-0.2, -0.15) is 0 Å². The molecule has 4 aromatic heterocycles. The molecule has 0 amide bonds. The molecule has 0 saturated carbocycles. The average Bonchev–Trinajstić information content (AvgIpc) is 2.94. The van der Waals surface area contributed by atoms with E-state index in [9.17, 15) is 0 Å². The first-order chi connectivity index (χ1) is 11.2. The fourth-order valence-electron chi connectivity index (χ4n) is 2.99. The Kier molecular flexibility index (Phi) is 3.30. The van der Waals surface area contributed by atoms with Crippen molar-refractivity contribution >= 4 is 38.6 Å². The van der Waals surface area contributed by atoms with Crippen LogP contribution in [-0.4, -0.2) is 29.3 Å². The number of fused-ring (bicyclic) bond motifs is 8. The normalized spacial score (nSPS) is 11.4. The van der Waals surface area contributed by atoms with E-state index in [0.717, 1.165) is 38.6 Å². The molecule has 0 aliphatic heterocycles. The van der Waals surface area contributed by atoms with Crippen molar-refractivity contribution < 1.29 is 20.1 Å². The predicted octanol–water partition coefficient (Wildman–Crippen LogP) is 2.79.